The molecule has 2 atom stereocenters. The van der Waals surface area contributed by atoms with Gasteiger partial charge in [-0.05, 0) is 56.1 Å². The molecule has 5 nitrogen and oxygen atoms in total. The summed E-state index contributed by atoms with van der Waals surface area (Å²) in [6.45, 7) is 0.302. The summed E-state index contributed by atoms with van der Waals surface area (Å²) in [7, 11) is 0. The lowest BCUT2D eigenvalue weighted by atomic mass is 9.81. The van der Waals surface area contributed by atoms with E-state index in [0.717, 1.165) is 18.9 Å². The first kappa shape index (κ1) is 22.1. The van der Waals surface area contributed by atoms with E-state index in [0.29, 0.717) is 44.4 Å². The van der Waals surface area contributed by atoms with Crippen LogP contribution in [-0.2, 0) is 15.7 Å². The third-order valence-electron chi connectivity index (χ3n) is 6.17. The molecule has 1 unspecified atom stereocenters. The average Bonchev–Trinajstić information content (AvgIpc) is 2.72. The number of likely N-dealkylation sites (tertiary alicyclic amines) is 1. The molecule has 0 spiro atoms. The number of alkyl halides is 3. The number of amides is 1. The highest BCUT2D eigenvalue weighted by molar-refractivity contribution is 5.77. The van der Waals surface area contributed by atoms with E-state index in [1.165, 1.54) is 6.07 Å². The minimum absolute atomic E-state index is 0.0514. The van der Waals surface area contributed by atoms with E-state index < -0.39 is 18.3 Å². The van der Waals surface area contributed by atoms with Crippen molar-refractivity contribution >= 4 is 5.91 Å². The van der Waals surface area contributed by atoms with E-state index in [1.54, 1.807) is 17.0 Å². The molecule has 1 saturated carbocycles. The highest BCUT2D eigenvalue weighted by Crippen LogP contribution is 2.41. The number of halogens is 3. The molecule has 1 heterocycles. The first-order valence-corrected chi connectivity index (χ1v) is 10.2. The lowest BCUT2D eigenvalue weighted by molar-refractivity contribution is -0.141. The van der Waals surface area contributed by atoms with Crippen molar-refractivity contribution < 1.29 is 27.8 Å². The van der Waals surface area contributed by atoms with E-state index in [-0.39, 0.29) is 30.0 Å². The van der Waals surface area contributed by atoms with Crippen molar-refractivity contribution in [2.45, 2.75) is 68.8 Å². The molecular formula is C21H29F3N2O3. The molecule has 1 aromatic carbocycles. The molecule has 29 heavy (non-hydrogen) atoms. The van der Waals surface area contributed by atoms with Gasteiger partial charge in [0.1, 0.15) is 6.61 Å². The maximum absolute atomic E-state index is 13.3. The average molecular weight is 414 g/mol. The highest BCUT2D eigenvalue weighted by atomic mass is 19.4. The molecule has 162 valence electrons. The molecule has 3 N–H and O–H groups in total. The molecule has 0 radical (unpaired) electrons. The monoisotopic (exact) mass is 414 g/mol. The van der Waals surface area contributed by atoms with Crippen LogP contribution in [0.4, 0.5) is 13.2 Å². The number of rotatable bonds is 5. The fourth-order valence-corrected chi connectivity index (χ4v) is 4.59. The Morgan fingerprint density at radius 3 is 2.52 bits per heavy atom. The van der Waals surface area contributed by atoms with Crippen LogP contribution in [0.15, 0.2) is 24.3 Å². The van der Waals surface area contributed by atoms with Gasteiger partial charge in [-0.25, -0.2) is 0 Å². The minimum atomic E-state index is -4.34. The van der Waals surface area contributed by atoms with E-state index in [4.69, 9.17) is 10.5 Å². The fraction of sp³-hybridized carbons (Fsp3) is 0.667. The number of aliphatic hydroxyl groups excluding tert-OH is 1. The summed E-state index contributed by atoms with van der Waals surface area (Å²) < 4.78 is 45.9. The van der Waals surface area contributed by atoms with Crippen molar-refractivity contribution in [1.82, 2.24) is 4.90 Å². The molecule has 1 aliphatic heterocycles. The Balaban J connectivity index is 1.56. The first-order chi connectivity index (χ1) is 13.8. The second-order valence-electron chi connectivity index (χ2n) is 8.01. The molecule has 2 aliphatic rings. The van der Waals surface area contributed by atoms with Gasteiger partial charge < -0.3 is 20.5 Å². The number of nitrogens with zero attached hydrogens (tertiary/aromatic N) is 1. The van der Waals surface area contributed by atoms with Gasteiger partial charge in [-0.1, -0.05) is 18.2 Å². The number of benzene rings is 1. The Morgan fingerprint density at radius 1 is 1.17 bits per heavy atom. The van der Waals surface area contributed by atoms with Gasteiger partial charge in [0.2, 0.25) is 5.91 Å². The third kappa shape index (κ3) is 5.29. The molecule has 0 bridgehead atoms. The molecule has 1 aliphatic carbocycles. The number of ether oxygens (including phenoxy) is 1. The van der Waals surface area contributed by atoms with Crippen molar-refractivity contribution in [1.29, 1.82) is 0 Å². The molecule has 0 aromatic heterocycles. The number of aliphatic hydroxyl groups is 1. The topological polar surface area (TPSA) is 75.8 Å². The maximum Gasteiger partial charge on any atom is 0.416 e. The second kappa shape index (κ2) is 9.45. The summed E-state index contributed by atoms with van der Waals surface area (Å²) in [5.41, 5.74) is 5.99. The normalized spacial score (nSPS) is 28.4. The molecule has 3 rings (SSSR count). The van der Waals surface area contributed by atoms with E-state index >= 15 is 0 Å². The number of hydrogen-bond acceptors (Lipinski definition) is 4. The van der Waals surface area contributed by atoms with Crippen molar-refractivity contribution in [2.75, 3.05) is 19.8 Å². The first-order valence-electron chi connectivity index (χ1n) is 10.2. The van der Waals surface area contributed by atoms with Crippen LogP contribution >= 0.6 is 0 Å². The van der Waals surface area contributed by atoms with Crippen LogP contribution in [0.1, 0.15) is 55.6 Å². The van der Waals surface area contributed by atoms with E-state index in [9.17, 15) is 23.1 Å². The maximum atomic E-state index is 13.3. The Hall–Kier alpha value is -1.64. The summed E-state index contributed by atoms with van der Waals surface area (Å²) in [4.78, 5) is 13.6. The standard InChI is InChI=1S/C21H29F3N2O3/c22-21(23,24)17-5-2-1-4-16(17)14-7-9-15(10-8-14)29-13-19-18(25)6-3-11-26(19)20(28)12-27/h1-2,4-5,14-15,18-19,27H,3,6-13,25H2/t14?,15?,18?,19-/m0/s1. The van der Waals surface area contributed by atoms with Gasteiger partial charge in [-0.15, -0.1) is 0 Å². The smallest absolute Gasteiger partial charge is 0.387 e. The van der Waals surface area contributed by atoms with Crippen molar-refractivity contribution in [3.05, 3.63) is 35.4 Å². The van der Waals surface area contributed by atoms with Crippen LogP contribution in [0.25, 0.3) is 0 Å². The van der Waals surface area contributed by atoms with Crippen molar-refractivity contribution in [2.24, 2.45) is 5.73 Å². The predicted molar refractivity (Wildman–Crippen MR) is 102 cm³/mol. The van der Waals surface area contributed by atoms with Crippen molar-refractivity contribution in [3.63, 3.8) is 0 Å². The van der Waals surface area contributed by atoms with Crippen molar-refractivity contribution in [3.8, 4) is 0 Å². The van der Waals surface area contributed by atoms with Crippen LogP contribution in [0.3, 0.4) is 0 Å². The summed E-state index contributed by atoms with van der Waals surface area (Å²) >= 11 is 0. The van der Waals surface area contributed by atoms with Crippen LogP contribution in [0, 0.1) is 0 Å². The SMILES string of the molecule is NC1CCCN(C(=O)CO)[C@H]1COC1CCC(c2ccccc2C(F)(F)F)CC1. The molecule has 1 aromatic rings. The third-order valence-corrected chi connectivity index (χ3v) is 6.17. The Morgan fingerprint density at radius 2 is 1.86 bits per heavy atom. The van der Waals surface area contributed by atoms with Gasteiger partial charge >= 0.3 is 6.18 Å². The Kier molecular flexibility index (Phi) is 7.19. The van der Waals surface area contributed by atoms with E-state index in [2.05, 4.69) is 0 Å². The van der Waals surface area contributed by atoms with Gasteiger partial charge in [0.15, 0.2) is 0 Å². The fourth-order valence-electron chi connectivity index (χ4n) is 4.59. The minimum Gasteiger partial charge on any atom is -0.387 e. The molecule has 8 heteroatoms. The number of nitrogens with two attached hydrogens (primary N) is 1. The van der Waals surface area contributed by atoms with E-state index in [1.807, 2.05) is 0 Å². The van der Waals surface area contributed by atoms with Gasteiger partial charge in [-0.3, -0.25) is 4.79 Å². The number of carbonyl (C=O) groups excluding carboxylic acids is 1. The molecule has 1 saturated heterocycles. The Labute approximate surface area is 169 Å². The quantitative estimate of drug-likeness (QED) is 0.777. The number of carbonyl (C=O) groups is 1. The molecule has 2 fully saturated rings. The van der Waals surface area contributed by atoms with Gasteiger partial charge in [0.05, 0.1) is 24.3 Å². The zero-order valence-corrected chi connectivity index (χ0v) is 16.4. The lowest BCUT2D eigenvalue weighted by Gasteiger charge is -2.40. The zero-order chi connectivity index (χ0) is 21.0. The summed E-state index contributed by atoms with van der Waals surface area (Å²) in [5, 5.41) is 9.17. The highest BCUT2D eigenvalue weighted by Gasteiger charge is 2.37. The van der Waals surface area contributed by atoms with Crippen LogP contribution in [0.2, 0.25) is 0 Å². The van der Waals surface area contributed by atoms with Crippen LogP contribution in [-0.4, -0.2) is 53.9 Å². The van der Waals surface area contributed by atoms with Crippen LogP contribution in [0.5, 0.6) is 0 Å². The second-order valence-corrected chi connectivity index (χ2v) is 8.01. The lowest BCUT2D eigenvalue weighted by Crippen LogP contribution is -2.57. The number of hydrogen-bond donors (Lipinski definition) is 2. The van der Waals surface area contributed by atoms with Crippen LogP contribution < -0.4 is 5.73 Å². The van der Waals surface area contributed by atoms with Gasteiger partial charge in [0, 0.05) is 12.6 Å². The summed E-state index contributed by atoms with van der Waals surface area (Å²) in [6.07, 6.45) is -0.188. The van der Waals surface area contributed by atoms with Gasteiger partial charge in [0.25, 0.3) is 0 Å². The molecular weight excluding hydrogens is 385 g/mol. The summed E-state index contributed by atoms with van der Waals surface area (Å²) in [5.74, 6) is -0.474. The Bertz CT molecular complexity index is 690. The number of piperidine rings is 1. The summed E-state index contributed by atoms with van der Waals surface area (Å²) in [6, 6.07) is 5.34. The zero-order valence-electron chi connectivity index (χ0n) is 16.4. The predicted octanol–water partition coefficient (Wildman–Crippen LogP) is 3.06. The van der Waals surface area contributed by atoms with Gasteiger partial charge in [-0.2, -0.15) is 13.2 Å². The molecule has 1 amide bonds. The largest absolute Gasteiger partial charge is 0.416 e.